The second-order valence-electron chi connectivity index (χ2n) is 4.68. The minimum Gasteiger partial charge on any atom is -0.491 e. The van der Waals surface area contributed by atoms with Gasteiger partial charge >= 0.3 is 6.18 Å². The fourth-order valence-electron chi connectivity index (χ4n) is 1.73. The summed E-state index contributed by atoms with van der Waals surface area (Å²) in [5, 5.41) is 9.10. The van der Waals surface area contributed by atoms with Crippen LogP contribution in [0.1, 0.15) is 18.9 Å². The molecule has 0 aliphatic carbocycles. The maximum absolute atomic E-state index is 12.8. The highest BCUT2D eigenvalue weighted by molar-refractivity contribution is 7.99. The highest BCUT2D eigenvalue weighted by Gasteiger charge is 2.31. The third-order valence-corrected chi connectivity index (χ3v) is 3.65. The summed E-state index contributed by atoms with van der Waals surface area (Å²) in [4.78, 5) is 15.8. The van der Waals surface area contributed by atoms with Crippen LogP contribution in [-0.4, -0.2) is 33.4 Å². The van der Waals surface area contributed by atoms with E-state index < -0.39 is 17.6 Å². The molecule has 2 N–H and O–H groups in total. The molecule has 6 nitrogen and oxygen atoms in total. The summed E-state index contributed by atoms with van der Waals surface area (Å²) in [6.07, 6.45) is -2.52. The zero-order chi connectivity index (χ0) is 17.6. The van der Waals surface area contributed by atoms with E-state index >= 15 is 0 Å². The summed E-state index contributed by atoms with van der Waals surface area (Å²) < 4.78 is 43.9. The molecule has 0 fully saturated rings. The Morgan fingerprint density at radius 3 is 2.83 bits per heavy atom. The summed E-state index contributed by atoms with van der Waals surface area (Å²) >= 11 is 1.08. The monoisotopic (exact) mass is 360 g/mol. The number of nitrogens with one attached hydrogen (secondary N) is 2. The van der Waals surface area contributed by atoms with Gasteiger partial charge in [-0.25, -0.2) is 4.98 Å². The van der Waals surface area contributed by atoms with Crippen molar-refractivity contribution in [2.75, 3.05) is 17.7 Å². The van der Waals surface area contributed by atoms with Crippen molar-refractivity contribution in [1.29, 1.82) is 0 Å². The van der Waals surface area contributed by atoms with Crippen LogP contribution in [0.25, 0.3) is 0 Å². The van der Waals surface area contributed by atoms with Gasteiger partial charge in [-0.2, -0.15) is 18.3 Å². The van der Waals surface area contributed by atoms with E-state index in [2.05, 4.69) is 20.5 Å². The number of anilines is 1. The Kier molecular flexibility index (Phi) is 6.07. The summed E-state index contributed by atoms with van der Waals surface area (Å²) in [6, 6.07) is 2.99. The second-order valence-corrected chi connectivity index (χ2v) is 5.65. The number of nitrogens with zero attached hydrogens (tertiary/aromatic N) is 2. The number of carbonyl (C=O) groups is 1. The van der Waals surface area contributed by atoms with E-state index in [0.29, 0.717) is 18.2 Å². The average Bonchev–Trinajstić information content (AvgIpc) is 3.04. The van der Waals surface area contributed by atoms with Gasteiger partial charge in [-0.15, -0.1) is 0 Å². The number of aromatic nitrogens is 3. The highest BCUT2D eigenvalue weighted by atomic mass is 32.2. The third-order valence-electron chi connectivity index (χ3n) is 2.78. The van der Waals surface area contributed by atoms with Crippen LogP contribution in [0, 0.1) is 0 Å². The Labute approximate surface area is 140 Å². The minimum atomic E-state index is -4.50. The van der Waals surface area contributed by atoms with Gasteiger partial charge in [0.15, 0.2) is 5.16 Å². The van der Waals surface area contributed by atoms with Crippen molar-refractivity contribution in [3.63, 3.8) is 0 Å². The van der Waals surface area contributed by atoms with Gasteiger partial charge in [0.2, 0.25) is 5.91 Å². The van der Waals surface area contributed by atoms with E-state index in [4.69, 9.17) is 4.74 Å². The van der Waals surface area contributed by atoms with E-state index in [-0.39, 0.29) is 17.2 Å². The highest BCUT2D eigenvalue weighted by Crippen LogP contribution is 2.35. The van der Waals surface area contributed by atoms with Gasteiger partial charge < -0.3 is 10.1 Å². The molecule has 0 saturated heterocycles. The van der Waals surface area contributed by atoms with Gasteiger partial charge in [0.05, 0.1) is 23.6 Å². The Bertz CT molecular complexity index is 677. The van der Waals surface area contributed by atoms with E-state index in [9.17, 15) is 18.0 Å². The number of H-pyrrole nitrogens is 1. The van der Waals surface area contributed by atoms with Crippen LogP contribution >= 0.6 is 11.8 Å². The molecule has 24 heavy (non-hydrogen) atoms. The summed E-state index contributed by atoms with van der Waals surface area (Å²) in [6.45, 7) is 2.21. The maximum atomic E-state index is 12.8. The number of hydrogen-bond donors (Lipinski definition) is 2. The Balaban J connectivity index is 2.10. The number of carbonyl (C=O) groups excluding carboxylic acids is 1. The van der Waals surface area contributed by atoms with Crippen molar-refractivity contribution in [2.45, 2.75) is 24.7 Å². The molecule has 2 aromatic rings. The van der Waals surface area contributed by atoms with Crippen molar-refractivity contribution < 1.29 is 22.7 Å². The second kappa shape index (κ2) is 8.04. The molecular formula is C14H15F3N4O2S. The molecule has 1 heterocycles. The number of ether oxygens (including phenoxy) is 1. The predicted octanol–water partition coefficient (Wildman–Crippen LogP) is 3.34. The number of halogens is 3. The van der Waals surface area contributed by atoms with Crippen LogP contribution in [0.2, 0.25) is 0 Å². The first-order chi connectivity index (χ1) is 11.4. The number of hydrogen-bond acceptors (Lipinski definition) is 5. The van der Waals surface area contributed by atoms with Crippen LogP contribution in [0.4, 0.5) is 18.9 Å². The number of amides is 1. The van der Waals surface area contributed by atoms with Crippen LogP contribution in [0.3, 0.4) is 0 Å². The quantitative estimate of drug-likeness (QED) is 0.740. The number of aromatic amines is 1. The summed E-state index contributed by atoms with van der Waals surface area (Å²) in [5.74, 6) is -0.307. The molecule has 0 unspecified atom stereocenters. The number of thioether (sulfide) groups is 1. The summed E-state index contributed by atoms with van der Waals surface area (Å²) in [5.41, 5.74) is -0.869. The minimum absolute atomic E-state index is 0.0126. The fraction of sp³-hybridized carbons (Fsp3) is 0.357. The van der Waals surface area contributed by atoms with Crippen molar-refractivity contribution in [2.24, 2.45) is 0 Å². The summed E-state index contributed by atoms with van der Waals surface area (Å²) in [7, 11) is 0. The normalized spacial score (nSPS) is 11.3. The lowest BCUT2D eigenvalue weighted by molar-refractivity contribution is -0.137. The van der Waals surface area contributed by atoms with Crippen molar-refractivity contribution in [3.05, 3.63) is 30.1 Å². The number of benzene rings is 1. The molecule has 0 bridgehead atoms. The van der Waals surface area contributed by atoms with Crippen LogP contribution < -0.4 is 10.1 Å². The van der Waals surface area contributed by atoms with E-state index in [0.717, 1.165) is 23.9 Å². The molecule has 2 rings (SSSR count). The van der Waals surface area contributed by atoms with Gasteiger partial charge in [0, 0.05) is 0 Å². The number of alkyl halides is 3. The molecule has 0 spiro atoms. The van der Waals surface area contributed by atoms with Gasteiger partial charge in [0.1, 0.15) is 12.1 Å². The molecule has 1 aromatic heterocycles. The van der Waals surface area contributed by atoms with Crippen molar-refractivity contribution in [3.8, 4) is 5.75 Å². The maximum Gasteiger partial charge on any atom is 0.416 e. The first-order valence-corrected chi connectivity index (χ1v) is 8.00. The zero-order valence-electron chi connectivity index (χ0n) is 12.7. The van der Waals surface area contributed by atoms with Crippen LogP contribution in [0.5, 0.6) is 5.75 Å². The Morgan fingerprint density at radius 1 is 1.42 bits per heavy atom. The molecule has 130 valence electrons. The molecular weight excluding hydrogens is 345 g/mol. The molecule has 0 aliphatic heterocycles. The Hall–Kier alpha value is -2.23. The number of rotatable bonds is 7. The zero-order valence-corrected chi connectivity index (χ0v) is 13.5. The first-order valence-electron chi connectivity index (χ1n) is 7.02. The van der Waals surface area contributed by atoms with Crippen molar-refractivity contribution in [1.82, 2.24) is 15.2 Å². The van der Waals surface area contributed by atoms with Gasteiger partial charge in [-0.05, 0) is 24.6 Å². The topological polar surface area (TPSA) is 79.9 Å². The molecule has 1 aromatic carbocycles. The molecule has 0 atom stereocenters. The van der Waals surface area contributed by atoms with E-state index in [1.54, 1.807) is 0 Å². The molecule has 0 aliphatic rings. The van der Waals surface area contributed by atoms with Gasteiger partial charge in [-0.1, -0.05) is 18.7 Å². The van der Waals surface area contributed by atoms with Gasteiger partial charge in [-0.3, -0.25) is 9.89 Å². The van der Waals surface area contributed by atoms with Crippen molar-refractivity contribution >= 4 is 23.4 Å². The van der Waals surface area contributed by atoms with E-state index in [1.807, 2.05) is 6.92 Å². The molecule has 0 saturated carbocycles. The lowest BCUT2D eigenvalue weighted by Crippen LogP contribution is -2.16. The Morgan fingerprint density at radius 2 is 2.21 bits per heavy atom. The third kappa shape index (κ3) is 5.15. The molecule has 10 heteroatoms. The lowest BCUT2D eigenvalue weighted by Gasteiger charge is -2.15. The SMILES string of the molecule is CCCOc1ccc(C(F)(F)F)cc1NC(=O)CSc1ncn[nH]1. The standard InChI is InChI=1S/C14H15F3N4O2S/c1-2-5-23-11-4-3-9(14(15,16)17)6-10(11)20-12(22)7-24-13-18-8-19-21-13/h3-4,6,8H,2,5,7H2,1H3,(H,20,22)(H,18,19,21). The molecule has 0 radical (unpaired) electrons. The van der Waals surface area contributed by atoms with Gasteiger partial charge in [0.25, 0.3) is 0 Å². The average molecular weight is 360 g/mol. The predicted molar refractivity (Wildman–Crippen MR) is 83.0 cm³/mol. The smallest absolute Gasteiger partial charge is 0.416 e. The largest absolute Gasteiger partial charge is 0.491 e. The van der Waals surface area contributed by atoms with Crippen LogP contribution in [0.15, 0.2) is 29.7 Å². The van der Waals surface area contributed by atoms with Crippen LogP contribution in [-0.2, 0) is 11.0 Å². The van der Waals surface area contributed by atoms with E-state index in [1.165, 1.54) is 12.4 Å². The molecule has 1 amide bonds. The fourth-order valence-corrected chi connectivity index (χ4v) is 2.30. The first kappa shape index (κ1) is 18.1. The lowest BCUT2D eigenvalue weighted by atomic mass is 10.1.